The summed E-state index contributed by atoms with van der Waals surface area (Å²) in [5.74, 6) is 3.26. The van der Waals surface area contributed by atoms with Crippen LogP contribution in [0.3, 0.4) is 0 Å². The minimum Gasteiger partial charge on any atom is -0.338 e. The highest BCUT2D eigenvalue weighted by atomic mass is 16.1. The van der Waals surface area contributed by atoms with Gasteiger partial charge in [-0.2, -0.15) is 0 Å². The molecule has 0 spiro atoms. The SMILES string of the molecule is CCC[NH2+][C@H](C)C(=O)C12CC3CC(CC(C3)C1)C2. The minimum absolute atomic E-state index is 0.110. The average Bonchev–Trinajstić information content (AvgIpc) is 2.33. The molecule has 2 heteroatoms. The lowest BCUT2D eigenvalue weighted by Crippen LogP contribution is -2.92. The van der Waals surface area contributed by atoms with E-state index in [0.29, 0.717) is 5.78 Å². The summed E-state index contributed by atoms with van der Waals surface area (Å²) in [4.78, 5) is 12.9. The molecule has 0 aromatic heterocycles. The Labute approximate surface area is 111 Å². The quantitative estimate of drug-likeness (QED) is 0.797. The molecule has 2 nitrogen and oxygen atoms in total. The number of carbonyl (C=O) groups is 1. The summed E-state index contributed by atoms with van der Waals surface area (Å²) in [6.45, 7) is 5.42. The average molecular weight is 250 g/mol. The molecule has 0 unspecified atom stereocenters. The molecule has 4 aliphatic rings. The molecule has 0 saturated heterocycles. The molecule has 4 saturated carbocycles. The Morgan fingerprint density at radius 1 is 1.17 bits per heavy atom. The largest absolute Gasteiger partial charge is 0.338 e. The van der Waals surface area contributed by atoms with E-state index in [1.807, 2.05) is 0 Å². The van der Waals surface area contributed by atoms with E-state index >= 15 is 0 Å². The van der Waals surface area contributed by atoms with Crippen molar-refractivity contribution < 1.29 is 10.1 Å². The van der Waals surface area contributed by atoms with E-state index in [9.17, 15) is 4.79 Å². The van der Waals surface area contributed by atoms with Crippen molar-refractivity contribution in [3.05, 3.63) is 0 Å². The van der Waals surface area contributed by atoms with Gasteiger partial charge < -0.3 is 5.32 Å². The Balaban J connectivity index is 1.72. The number of rotatable bonds is 5. The van der Waals surface area contributed by atoms with Crippen LogP contribution in [0.2, 0.25) is 0 Å². The third-order valence-corrected chi connectivity index (χ3v) is 5.78. The summed E-state index contributed by atoms with van der Waals surface area (Å²) >= 11 is 0. The lowest BCUT2D eigenvalue weighted by Gasteiger charge is -2.56. The van der Waals surface area contributed by atoms with E-state index in [1.54, 1.807) is 0 Å². The van der Waals surface area contributed by atoms with Gasteiger partial charge in [0.15, 0.2) is 5.78 Å². The second-order valence-corrected chi connectivity index (χ2v) is 7.38. The van der Waals surface area contributed by atoms with Crippen molar-refractivity contribution in [3.8, 4) is 0 Å². The van der Waals surface area contributed by atoms with Crippen LogP contribution in [-0.2, 0) is 4.79 Å². The summed E-state index contributed by atoms with van der Waals surface area (Å²) in [5.41, 5.74) is 0.110. The first kappa shape index (κ1) is 12.7. The molecule has 4 aliphatic carbocycles. The summed E-state index contributed by atoms with van der Waals surface area (Å²) in [6.07, 6.45) is 9.13. The van der Waals surface area contributed by atoms with Crippen molar-refractivity contribution in [2.75, 3.05) is 6.54 Å². The van der Waals surface area contributed by atoms with Crippen molar-refractivity contribution in [1.82, 2.24) is 0 Å². The van der Waals surface area contributed by atoms with Gasteiger partial charge in [-0.05, 0) is 69.6 Å². The van der Waals surface area contributed by atoms with Crippen LogP contribution >= 0.6 is 0 Å². The fourth-order valence-corrected chi connectivity index (χ4v) is 5.42. The number of nitrogens with two attached hydrogens (primary N) is 1. The lowest BCUT2D eigenvalue weighted by atomic mass is 9.48. The van der Waals surface area contributed by atoms with Crippen LogP contribution in [0.25, 0.3) is 0 Å². The topological polar surface area (TPSA) is 33.7 Å². The van der Waals surface area contributed by atoms with Crippen LogP contribution in [0.1, 0.15) is 58.8 Å². The van der Waals surface area contributed by atoms with Gasteiger partial charge in [-0.1, -0.05) is 6.92 Å². The van der Waals surface area contributed by atoms with Gasteiger partial charge in [0.05, 0.1) is 6.54 Å². The third-order valence-electron chi connectivity index (χ3n) is 5.78. The second-order valence-electron chi connectivity index (χ2n) is 7.38. The van der Waals surface area contributed by atoms with E-state index in [1.165, 1.54) is 44.9 Å². The molecule has 4 rings (SSSR count). The zero-order valence-corrected chi connectivity index (χ0v) is 12.0. The van der Waals surface area contributed by atoms with E-state index < -0.39 is 0 Å². The number of hydrogen-bond acceptors (Lipinski definition) is 1. The van der Waals surface area contributed by atoms with Gasteiger partial charge in [-0.3, -0.25) is 4.79 Å². The van der Waals surface area contributed by atoms with Crippen LogP contribution < -0.4 is 5.32 Å². The van der Waals surface area contributed by atoms with Gasteiger partial charge in [-0.15, -0.1) is 0 Å². The first-order valence-electron chi connectivity index (χ1n) is 8.00. The number of hydrogen-bond donors (Lipinski definition) is 1. The molecular formula is C16H28NO+. The zero-order chi connectivity index (χ0) is 12.8. The maximum atomic E-state index is 12.9. The van der Waals surface area contributed by atoms with Crippen LogP contribution in [0.4, 0.5) is 0 Å². The van der Waals surface area contributed by atoms with Crippen molar-refractivity contribution in [3.63, 3.8) is 0 Å². The highest BCUT2D eigenvalue weighted by molar-refractivity contribution is 5.88. The molecule has 4 bridgehead atoms. The molecule has 0 heterocycles. The van der Waals surface area contributed by atoms with E-state index in [-0.39, 0.29) is 11.5 Å². The predicted molar refractivity (Wildman–Crippen MR) is 72.2 cm³/mol. The molecule has 0 radical (unpaired) electrons. The predicted octanol–water partition coefficient (Wildman–Crippen LogP) is 2.13. The van der Waals surface area contributed by atoms with Crippen LogP contribution in [0.15, 0.2) is 0 Å². The number of Topliss-reactive ketones (excluding diaryl/α,β-unsaturated/α-hetero) is 1. The van der Waals surface area contributed by atoms with Gasteiger partial charge in [0.1, 0.15) is 6.04 Å². The Bertz CT molecular complexity index is 301. The Morgan fingerprint density at radius 2 is 1.67 bits per heavy atom. The summed E-state index contributed by atoms with van der Waals surface area (Å²) < 4.78 is 0. The van der Waals surface area contributed by atoms with Gasteiger partial charge in [0, 0.05) is 5.41 Å². The summed E-state index contributed by atoms with van der Waals surface area (Å²) in [5, 5.41) is 2.26. The Kier molecular flexibility index (Phi) is 3.25. The zero-order valence-electron chi connectivity index (χ0n) is 12.0. The molecule has 0 aliphatic heterocycles. The molecular weight excluding hydrogens is 222 g/mol. The maximum Gasteiger partial charge on any atom is 0.195 e. The van der Waals surface area contributed by atoms with Gasteiger partial charge in [0.25, 0.3) is 0 Å². The maximum absolute atomic E-state index is 12.9. The van der Waals surface area contributed by atoms with E-state index in [0.717, 1.165) is 24.3 Å². The number of quaternary nitrogens is 1. The van der Waals surface area contributed by atoms with Crippen molar-refractivity contribution in [2.24, 2.45) is 23.2 Å². The highest BCUT2D eigenvalue weighted by Gasteiger charge is 2.55. The molecule has 0 aromatic rings. The van der Waals surface area contributed by atoms with Crippen LogP contribution in [0.5, 0.6) is 0 Å². The highest BCUT2D eigenvalue weighted by Crippen LogP contribution is 2.60. The van der Waals surface area contributed by atoms with Gasteiger partial charge in [0.2, 0.25) is 0 Å². The first-order valence-corrected chi connectivity index (χ1v) is 8.00. The standard InChI is InChI=1S/C16H27NO/c1-3-4-17-11(2)15(18)16-8-12-5-13(9-16)7-14(6-12)10-16/h11-14,17H,3-10H2,1-2H3/p+1/t11-,12?,13?,14?,16?/m1/s1. The monoisotopic (exact) mass is 250 g/mol. The van der Waals surface area contributed by atoms with E-state index in [2.05, 4.69) is 19.2 Å². The lowest BCUT2D eigenvalue weighted by molar-refractivity contribution is -0.674. The molecule has 4 fully saturated rings. The number of ketones is 1. The minimum atomic E-state index is 0.110. The number of carbonyl (C=O) groups excluding carboxylic acids is 1. The molecule has 1 atom stereocenters. The van der Waals surface area contributed by atoms with Crippen LogP contribution in [-0.4, -0.2) is 18.4 Å². The summed E-state index contributed by atoms with van der Waals surface area (Å²) in [7, 11) is 0. The molecule has 0 aromatic carbocycles. The Hall–Kier alpha value is -0.370. The third kappa shape index (κ3) is 2.03. The molecule has 102 valence electrons. The fourth-order valence-electron chi connectivity index (χ4n) is 5.42. The fraction of sp³-hybridized carbons (Fsp3) is 0.938. The van der Waals surface area contributed by atoms with Gasteiger partial charge >= 0.3 is 0 Å². The summed E-state index contributed by atoms with van der Waals surface area (Å²) in [6, 6.07) is 0.196. The normalized spacial score (nSPS) is 43.1. The van der Waals surface area contributed by atoms with Crippen molar-refractivity contribution >= 4 is 5.78 Å². The molecule has 2 N–H and O–H groups in total. The second kappa shape index (κ2) is 4.63. The Morgan fingerprint density at radius 3 is 2.11 bits per heavy atom. The first-order chi connectivity index (χ1) is 8.63. The molecule has 18 heavy (non-hydrogen) atoms. The van der Waals surface area contributed by atoms with Crippen LogP contribution in [0, 0.1) is 23.2 Å². The van der Waals surface area contributed by atoms with Crippen molar-refractivity contribution in [1.29, 1.82) is 0 Å². The molecule has 0 amide bonds. The van der Waals surface area contributed by atoms with E-state index in [4.69, 9.17) is 0 Å². The van der Waals surface area contributed by atoms with Crippen molar-refractivity contribution in [2.45, 2.75) is 64.8 Å². The smallest absolute Gasteiger partial charge is 0.195 e. The van der Waals surface area contributed by atoms with Gasteiger partial charge in [-0.25, -0.2) is 0 Å².